The van der Waals surface area contributed by atoms with Crippen LogP contribution in [0.15, 0.2) is 22.1 Å². The maximum atomic E-state index is 13.0. The van der Waals surface area contributed by atoms with Crippen LogP contribution in [0.3, 0.4) is 0 Å². The highest BCUT2D eigenvalue weighted by molar-refractivity contribution is 7.99. The number of anilines is 1. The van der Waals surface area contributed by atoms with E-state index in [0.717, 1.165) is 12.2 Å². The van der Waals surface area contributed by atoms with E-state index in [4.69, 9.17) is 14.2 Å². The van der Waals surface area contributed by atoms with E-state index in [9.17, 15) is 9.59 Å². The number of rotatable bonds is 7. The fourth-order valence-electron chi connectivity index (χ4n) is 3.52. The number of thioether (sulfide) groups is 1. The fourth-order valence-corrected chi connectivity index (χ4v) is 4.34. The number of hydrogen-bond acceptors (Lipinski definition) is 7. The quantitative estimate of drug-likeness (QED) is 0.545. The van der Waals surface area contributed by atoms with Crippen LogP contribution in [-0.2, 0) is 11.8 Å². The lowest BCUT2D eigenvalue weighted by Crippen LogP contribution is -2.33. The van der Waals surface area contributed by atoms with Crippen LogP contribution in [0, 0.1) is 0 Å². The smallest absolute Gasteiger partial charge is 0.279 e. The van der Waals surface area contributed by atoms with Crippen molar-refractivity contribution in [3.8, 4) is 17.2 Å². The van der Waals surface area contributed by atoms with Crippen molar-refractivity contribution in [1.29, 1.82) is 0 Å². The predicted molar refractivity (Wildman–Crippen MR) is 112 cm³/mol. The van der Waals surface area contributed by atoms with Crippen molar-refractivity contribution in [3.63, 3.8) is 0 Å². The first-order valence-electron chi connectivity index (χ1n) is 9.29. The molecule has 9 heteroatoms. The number of fused-ring (bicyclic) bond motifs is 1. The van der Waals surface area contributed by atoms with Gasteiger partial charge < -0.3 is 24.1 Å². The normalized spacial score (nSPS) is 15.5. The maximum Gasteiger partial charge on any atom is 0.279 e. The van der Waals surface area contributed by atoms with E-state index in [-0.39, 0.29) is 17.9 Å². The molecule has 0 saturated carbocycles. The number of carbonyl (C=O) groups excluding carboxylic acids is 1. The van der Waals surface area contributed by atoms with Crippen molar-refractivity contribution in [3.05, 3.63) is 33.6 Å². The molecular formula is C20H25N3O5S. The molecule has 1 aromatic carbocycles. The summed E-state index contributed by atoms with van der Waals surface area (Å²) in [5.74, 6) is 1.98. The van der Waals surface area contributed by atoms with E-state index in [0.29, 0.717) is 39.3 Å². The Morgan fingerprint density at radius 1 is 1.17 bits per heavy atom. The third kappa shape index (κ3) is 3.78. The van der Waals surface area contributed by atoms with Crippen LogP contribution in [0.25, 0.3) is 0 Å². The van der Waals surface area contributed by atoms with Crippen LogP contribution >= 0.6 is 11.8 Å². The molecule has 156 valence electrons. The Labute approximate surface area is 173 Å². The molecule has 8 nitrogen and oxygen atoms in total. The number of nitrogens with one attached hydrogen (secondary N) is 1. The van der Waals surface area contributed by atoms with Gasteiger partial charge in [0.15, 0.2) is 16.7 Å². The summed E-state index contributed by atoms with van der Waals surface area (Å²) in [6.45, 7) is 2.06. The lowest BCUT2D eigenvalue weighted by atomic mass is 9.86. The lowest BCUT2D eigenvalue weighted by Gasteiger charge is -2.29. The Morgan fingerprint density at radius 2 is 1.90 bits per heavy atom. The number of benzene rings is 1. The SMILES string of the molecule is CCCSc1nc(=O)c2c(n1C)NC(=O)C[C@H]2c1ccc(OC)c(OC)c1OC. The molecule has 0 aliphatic carbocycles. The Bertz CT molecular complexity index is 989. The highest BCUT2D eigenvalue weighted by Gasteiger charge is 2.35. The van der Waals surface area contributed by atoms with Gasteiger partial charge in [-0.25, -0.2) is 0 Å². The molecule has 0 spiro atoms. The summed E-state index contributed by atoms with van der Waals surface area (Å²) in [7, 11) is 6.38. The number of carbonyl (C=O) groups is 1. The highest BCUT2D eigenvalue weighted by Crippen LogP contribution is 2.46. The van der Waals surface area contributed by atoms with Crippen LogP contribution in [-0.4, -0.2) is 42.5 Å². The van der Waals surface area contributed by atoms with Gasteiger partial charge in [0.2, 0.25) is 11.7 Å². The first kappa shape index (κ1) is 21.0. The molecule has 1 N–H and O–H groups in total. The van der Waals surface area contributed by atoms with E-state index in [2.05, 4.69) is 17.2 Å². The molecule has 0 radical (unpaired) electrons. The molecule has 29 heavy (non-hydrogen) atoms. The van der Waals surface area contributed by atoms with Gasteiger partial charge in [0, 0.05) is 30.7 Å². The zero-order valence-corrected chi connectivity index (χ0v) is 18.0. The van der Waals surface area contributed by atoms with Crippen LogP contribution in [0.2, 0.25) is 0 Å². The fraction of sp³-hybridized carbons (Fsp3) is 0.450. The topological polar surface area (TPSA) is 91.7 Å². The van der Waals surface area contributed by atoms with E-state index in [1.165, 1.54) is 33.1 Å². The van der Waals surface area contributed by atoms with E-state index < -0.39 is 5.92 Å². The third-order valence-electron chi connectivity index (χ3n) is 4.85. The summed E-state index contributed by atoms with van der Waals surface area (Å²) in [6.07, 6.45) is 1.06. The molecule has 1 amide bonds. The van der Waals surface area contributed by atoms with Crippen molar-refractivity contribution in [2.24, 2.45) is 7.05 Å². The van der Waals surface area contributed by atoms with Crippen LogP contribution in [0.5, 0.6) is 17.2 Å². The summed E-state index contributed by atoms with van der Waals surface area (Å²) in [5, 5.41) is 3.43. The average Bonchev–Trinajstić information content (AvgIpc) is 2.73. The summed E-state index contributed by atoms with van der Waals surface area (Å²) in [4.78, 5) is 29.8. The zero-order valence-electron chi connectivity index (χ0n) is 17.2. The molecule has 1 atom stereocenters. The summed E-state index contributed by atoms with van der Waals surface area (Å²) in [6, 6.07) is 3.54. The summed E-state index contributed by atoms with van der Waals surface area (Å²) < 4.78 is 18.2. The molecule has 0 fully saturated rings. The Balaban J connectivity index is 2.21. The van der Waals surface area contributed by atoms with E-state index in [1.54, 1.807) is 23.7 Å². The Hall–Kier alpha value is -2.68. The first-order valence-corrected chi connectivity index (χ1v) is 10.3. The van der Waals surface area contributed by atoms with Crippen LogP contribution < -0.4 is 25.1 Å². The molecule has 0 unspecified atom stereocenters. The van der Waals surface area contributed by atoms with E-state index >= 15 is 0 Å². The number of methoxy groups -OCH3 is 3. The predicted octanol–water partition coefficient (Wildman–Crippen LogP) is 2.78. The van der Waals surface area contributed by atoms with Crippen molar-refractivity contribution < 1.29 is 19.0 Å². The second-order valence-electron chi connectivity index (χ2n) is 6.60. The molecule has 1 aliphatic rings. The second kappa shape index (κ2) is 8.77. The van der Waals surface area contributed by atoms with E-state index in [1.807, 2.05) is 0 Å². The van der Waals surface area contributed by atoms with Crippen molar-refractivity contribution in [2.45, 2.75) is 30.8 Å². The molecular weight excluding hydrogens is 394 g/mol. The minimum Gasteiger partial charge on any atom is -0.493 e. The number of nitrogens with zero attached hydrogens (tertiary/aromatic N) is 2. The summed E-state index contributed by atoms with van der Waals surface area (Å²) >= 11 is 1.49. The number of hydrogen-bond donors (Lipinski definition) is 1. The van der Waals surface area contributed by atoms with Gasteiger partial charge >= 0.3 is 0 Å². The van der Waals surface area contributed by atoms with Crippen LogP contribution in [0.1, 0.15) is 36.8 Å². The minimum absolute atomic E-state index is 0.108. The standard InChI is InChI=1S/C20H25N3O5S/c1-6-9-29-20-22-19(25)15-12(10-14(24)21-18(15)23(20)2)11-7-8-13(26-3)17(28-5)16(11)27-4/h7-8,12H,6,9-10H2,1-5H3,(H,21,24)/t12-/m0/s1. The molecule has 0 saturated heterocycles. The number of aromatic nitrogens is 2. The van der Waals surface area contributed by atoms with Gasteiger partial charge in [-0.1, -0.05) is 24.8 Å². The molecule has 0 bridgehead atoms. The van der Waals surface area contributed by atoms with Crippen LogP contribution in [0.4, 0.5) is 5.82 Å². The van der Waals surface area contributed by atoms with Gasteiger partial charge in [-0.3, -0.25) is 9.59 Å². The molecule has 1 aliphatic heterocycles. The Kier molecular flexibility index (Phi) is 6.36. The molecule has 2 aromatic rings. The van der Waals surface area contributed by atoms with Gasteiger partial charge in [-0.2, -0.15) is 4.98 Å². The third-order valence-corrected chi connectivity index (χ3v) is 6.08. The average molecular weight is 420 g/mol. The number of amides is 1. The lowest BCUT2D eigenvalue weighted by molar-refractivity contribution is -0.116. The van der Waals surface area contributed by atoms with Gasteiger partial charge in [0.1, 0.15) is 5.82 Å². The molecule has 2 heterocycles. The summed E-state index contributed by atoms with van der Waals surface area (Å²) in [5.41, 5.74) is 0.770. The largest absolute Gasteiger partial charge is 0.493 e. The van der Waals surface area contributed by atoms with Gasteiger partial charge in [0.05, 0.1) is 26.9 Å². The van der Waals surface area contributed by atoms with Crippen molar-refractivity contribution >= 4 is 23.5 Å². The van der Waals surface area contributed by atoms with Gasteiger partial charge in [0.25, 0.3) is 5.56 Å². The molecule has 1 aromatic heterocycles. The first-order chi connectivity index (χ1) is 14.0. The van der Waals surface area contributed by atoms with Crippen molar-refractivity contribution in [1.82, 2.24) is 9.55 Å². The Morgan fingerprint density at radius 3 is 2.52 bits per heavy atom. The van der Waals surface area contributed by atoms with Gasteiger partial charge in [-0.05, 0) is 12.5 Å². The van der Waals surface area contributed by atoms with Gasteiger partial charge in [-0.15, -0.1) is 0 Å². The second-order valence-corrected chi connectivity index (χ2v) is 7.66. The monoisotopic (exact) mass is 419 g/mol. The maximum absolute atomic E-state index is 13.0. The zero-order chi connectivity index (χ0) is 21.1. The van der Waals surface area contributed by atoms with Crippen molar-refractivity contribution in [2.75, 3.05) is 32.4 Å². The minimum atomic E-state index is -0.509. The molecule has 3 rings (SSSR count). The highest BCUT2D eigenvalue weighted by atomic mass is 32.2. The number of ether oxygens (including phenoxy) is 3.